The first kappa shape index (κ1) is 68.2. The first-order valence-electron chi connectivity index (χ1n) is 17.9. The van der Waals surface area contributed by atoms with E-state index in [-0.39, 0.29) is 176 Å². The fourth-order valence-electron chi connectivity index (χ4n) is 5.90. The molecule has 0 atom stereocenters. The molecule has 2 heterocycles. The van der Waals surface area contributed by atoms with Gasteiger partial charge < -0.3 is 15.1 Å². The van der Waals surface area contributed by atoms with Crippen LogP contribution in [-0.2, 0) is 50.6 Å². The number of nitrogens with zero attached hydrogens (tertiary/aromatic N) is 8. The van der Waals surface area contributed by atoms with E-state index in [4.69, 9.17) is 23.2 Å². The van der Waals surface area contributed by atoms with E-state index < -0.39 is 131 Å². The molecule has 0 fully saturated rings. The summed E-state index contributed by atoms with van der Waals surface area (Å²) in [4.78, 5) is 30.4. The van der Waals surface area contributed by atoms with Crippen LogP contribution in [-0.4, -0.2) is 248 Å². The molecule has 7 aromatic rings. The first-order chi connectivity index (χ1) is 32.0. The van der Waals surface area contributed by atoms with Crippen molar-refractivity contribution in [1.82, 2.24) is 29.9 Å². The van der Waals surface area contributed by atoms with Crippen molar-refractivity contribution < 1.29 is 70.0 Å². The second kappa shape index (κ2) is 26.8. The van der Waals surface area contributed by atoms with Crippen LogP contribution in [0.1, 0.15) is 0 Å². The quantitative estimate of drug-likeness (QED) is 0.0500. The zero-order valence-corrected chi connectivity index (χ0v) is 53.8. The number of halogens is 2. The number of fused-ring (bicyclic) bond motifs is 1. The maximum atomic E-state index is 12.6. The molecule has 10 N–H and O–H groups in total. The number of azo groups is 1. The Kier molecular flexibility index (Phi) is 24.7. The number of rotatable bonds is 11. The summed E-state index contributed by atoms with van der Waals surface area (Å²) < 4.78 is 171. The van der Waals surface area contributed by atoms with Gasteiger partial charge in [-0.3, -0.25) is 32.7 Å². The molecule has 2 aromatic heterocycles. The number of benzene rings is 5. The second-order valence-electron chi connectivity index (χ2n) is 13.4. The number of hydrogen-bond donors (Lipinski definition) is 10. The zero-order valence-electron chi connectivity index (χ0n) is 38.2. The minimum Gasteiger partial charge on any atom is -0.505 e. The SMILES string of the molecule is O=S(=O)(O)c1cccc(N=c2nc(Cl)[nH]c(=Nc3ccc(S(=O)(=O)O)c(N=c4nc(Cl)[nH]c(=Nc5cc(S(=O)(=O)O)cc6cc(S(=O)(=O)O)c(N=Nc7ccccc7S(=O)(=O)O)c(O)c56)[nH]4)c3)[nH]2)c1.[Na].[Na].[Na].[Na].[Na]. The van der Waals surface area contributed by atoms with Crippen molar-refractivity contribution in [2.75, 3.05) is 0 Å². The van der Waals surface area contributed by atoms with E-state index >= 15 is 0 Å². The van der Waals surface area contributed by atoms with E-state index in [2.05, 4.69) is 60.1 Å². The number of phenolic OH excluding ortho intramolecular Hbond substituents is 1. The maximum Gasteiger partial charge on any atom is 0.296 e. The van der Waals surface area contributed by atoms with Gasteiger partial charge >= 0.3 is 0 Å². The van der Waals surface area contributed by atoms with Gasteiger partial charge in [0.15, 0.2) is 5.75 Å². The van der Waals surface area contributed by atoms with Gasteiger partial charge in [-0.1, -0.05) is 18.2 Å². The monoisotopic (exact) mass is 1200 g/mol. The van der Waals surface area contributed by atoms with Crippen LogP contribution >= 0.6 is 23.2 Å². The second-order valence-corrected chi connectivity index (χ2v) is 21.1. The van der Waals surface area contributed by atoms with Crippen molar-refractivity contribution in [2.45, 2.75) is 24.5 Å². The Bertz CT molecular complexity index is 4260. The fourth-order valence-corrected chi connectivity index (χ4v) is 9.18. The maximum absolute atomic E-state index is 12.6. The number of phenols is 1. The molecule has 40 heteroatoms. The molecular weight excluding hydrogens is 1180 g/mol. The van der Waals surface area contributed by atoms with Gasteiger partial charge in [-0.05, 0) is 95.3 Å². The van der Waals surface area contributed by atoms with Crippen LogP contribution in [0.15, 0.2) is 140 Å². The van der Waals surface area contributed by atoms with E-state index in [9.17, 15) is 70.0 Å². The third-order valence-corrected chi connectivity index (χ3v) is 13.4. The molecule has 0 aliphatic rings. The van der Waals surface area contributed by atoms with Crippen LogP contribution in [0.2, 0.25) is 10.6 Å². The Morgan fingerprint density at radius 2 is 0.973 bits per heavy atom. The molecule has 0 aliphatic carbocycles. The molecule has 5 radical (unpaired) electrons. The smallest absolute Gasteiger partial charge is 0.296 e. The van der Waals surface area contributed by atoms with Gasteiger partial charge in [0.25, 0.3) is 50.6 Å². The molecule has 365 valence electrons. The summed E-state index contributed by atoms with van der Waals surface area (Å²) in [5.41, 5.74) is -4.51. The Morgan fingerprint density at radius 1 is 0.446 bits per heavy atom. The van der Waals surface area contributed by atoms with Crippen LogP contribution < -0.4 is 22.5 Å². The summed E-state index contributed by atoms with van der Waals surface area (Å²) in [7, 11) is -25.1. The van der Waals surface area contributed by atoms with Crippen LogP contribution in [0, 0.1) is 0 Å². The van der Waals surface area contributed by atoms with E-state index in [0.29, 0.717) is 18.2 Å². The Morgan fingerprint density at radius 3 is 1.54 bits per heavy atom. The predicted molar refractivity (Wildman–Crippen MR) is 264 cm³/mol. The van der Waals surface area contributed by atoms with E-state index in [1.807, 2.05) is 0 Å². The fraction of sp³-hybridized carbons (Fsp3) is 0. The van der Waals surface area contributed by atoms with Crippen molar-refractivity contribution in [3.63, 3.8) is 0 Å². The molecule has 0 aliphatic heterocycles. The number of aromatic nitrogens is 6. The molecule has 0 saturated heterocycles. The third kappa shape index (κ3) is 17.3. The van der Waals surface area contributed by atoms with Crippen LogP contribution in [0.5, 0.6) is 5.75 Å². The van der Waals surface area contributed by atoms with E-state index in [0.717, 1.165) is 42.5 Å². The normalized spacial score (nSPS) is 13.1. The van der Waals surface area contributed by atoms with Gasteiger partial charge in [0.05, 0.1) is 37.9 Å². The van der Waals surface area contributed by atoms with Crippen LogP contribution in [0.4, 0.5) is 34.1 Å². The average molecular weight is 1200 g/mol. The van der Waals surface area contributed by atoms with Crippen LogP contribution in [0.3, 0.4) is 0 Å². The molecule has 5 aromatic carbocycles. The average Bonchev–Trinajstić information content (AvgIpc) is 3.21. The van der Waals surface area contributed by atoms with Crippen LogP contribution in [0.25, 0.3) is 10.8 Å². The number of aromatic hydroxyl groups is 1. The molecule has 0 amide bonds. The van der Waals surface area contributed by atoms with Gasteiger partial charge in [0.1, 0.15) is 26.1 Å². The molecule has 0 spiro atoms. The zero-order chi connectivity index (χ0) is 50.4. The summed E-state index contributed by atoms with van der Waals surface area (Å²) in [5, 5.41) is 16.8. The summed E-state index contributed by atoms with van der Waals surface area (Å²) in [6, 6.07) is 14.2. The molecule has 28 nitrogen and oxygen atoms in total. The summed E-state index contributed by atoms with van der Waals surface area (Å²) >= 11 is 12.3. The number of H-pyrrole nitrogens is 4. The molecule has 0 saturated carbocycles. The van der Waals surface area contributed by atoms with Gasteiger partial charge in [-0.25, -0.2) is 20.0 Å². The number of hydrogen-bond acceptors (Lipinski definition) is 19. The van der Waals surface area contributed by atoms with Gasteiger partial charge in [0, 0.05) is 148 Å². The molecule has 0 unspecified atom stereocenters. The molecular formula is C34H24Cl2N12Na5O16S5. The van der Waals surface area contributed by atoms with E-state index in [1.54, 1.807) is 0 Å². The third-order valence-electron chi connectivity index (χ3n) is 8.66. The predicted octanol–water partition coefficient (Wildman–Crippen LogP) is 1.63. The molecule has 0 bridgehead atoms. The van der Waals surface area contributed by atoms with Crippen molar-refractivity contribution in [2.24, 2.45) is 30.2 Å². The topological polar surface area (TPSA) is 455 Å². The van der Waals surface area contributed by atoms with E-state index in [1.165, 1.54) is 24.3 Å². The largest absolute Gasteiger partial charge is 0.505 e. The first-order valence-corrected chi connectivity index (χ1v) is 25.9. The van der Waals surface area contributed by atoms with Gasteiger partial charge in [-0.2, -0.15) is 52.1 Å². The number of aromatic amines is 4. The van der Waals surface area contributed by atoms with Crippen molar-refractivity contribution in [3.05, 3.63) is 118 Å². The summed E-state index contributed by atoms with van der Waals surface area (Å²) in [6.45, 7) is 0. The standard InChI is InChI=1S/C34H24Cl2N12O16S5.5Na/c35-29-41-31(37-16-4-3-5-18(12-16)65(50,51)52)45-32(42-29)38-17-8-9-24(68(59,60)61)21(13-17)39-33-43-30(36)44-34(46-33)40-22-14-19(66(53,54)55)10-15-11-25(69(62,63)64)27(28(49)26(15)22)48-47-20-6-1-2-7-23(20)67(56,57)58;;;;;/h1-14,49H,(H,50,51,52)(H,53,54,55)(H,56,57,58)(H,59,60,61)(H,62,63,64)(H2,37,38,41,42,45)(H2,39,40,43,44,46);;;;;. The Hall–Kier alpha value is -1.89. The van der Waals surface area contributed by atoms with Crippen molar-refractivity contribution in [3.8, 4) is 5.75 Å². The Labute approximate surface area is 536 Å². The Balaban J connectivity index is 0.00000375. The summed E-state index contributed by atoms with van der Waals surface area (Å²) in [6.07, 6.45) is 0. The number of nitrogens with one attached hydrogen (secondary N) is 4. The molecule has 74 heavy (non-hydrogen) atoms. The summed E-state index contributed by atoms with van der Waals surface area (Å²) in [5.74, 6) is -1.19. The minimum absolute atomic E-state index is 0. The van der Waals surface area contributed by atoms with Crippen molar-refractivity contribution in [1.29, 1.82) is 0 Å². The van der Waals surface area contributed by atoms with Gasteiger partial charge in [-0.15, -0.1) is 10.2 Å². The molecule has 7 rings (SSSR count). The van der Waals surface area contributed by atoms with Crippen molar-refractivity contribution >= 4 is 266 Å². The van der Waals surface area contributed by atoms with Gasteiger partial charge in [0.2, 0.25) is 33.0 Å². The minimum atomic E-state index is -5.39.